The molecule has 13 heteroatoms. The van der Waals surface area contributed by atoms with Crippen molar-refractivity contribution in [2.75, 3.05) is 38.9 Å². The third-order valence-electron chi connectivity index (χ3n) is 6.90. The van der Waals surface area contributed by atoms with Crippen molar-refractivity contribution in [3.05, 3.63) is 78.2 Å². The molecule has 1 aliphatic rings. The molecule has 3 amide bonds. The van der Waals surface area contributed by atoms with E-state index in [9.17, 15) is 33.1 Å². The van der Waals surface area contributed by atoms with E-state index in [-0.39, 0.29) is 31.9 Å². The molecule has 0 saturated carbocycles. The second kappa shape index (κ2) is 14.4. The van der Waals surface area contributed by atoms with Crippen molar-refractivity contribution in [1.29, 1.82) is 0 Å². The zero-order valence-electron chi connectivity index (χ0n) is 23.7. The number of nitrogens with one attached hydrogen (secondary N) is 1. The molecule has 1 atom stereocenters. The highest BCUT2D eigenvalue weighted by molar-refractivity contribution is 7.51. The van der Waals surface area contributed by atoms with Crippen molar-refractivity contribution >= 4 is 25.5 Å². The maximum Gasteiger partial charge on any atom is 0.409 e. The first-order valence-electron chi connectivity index (χ1n) is 13.9. The lowest BCUT2D eigenvalue weighted by molar-refractivity contribution is -0.134. The van der Waals surface area contributed by atoms with E-state index >= 15 is 0 Å². The van der Waals surface area contributed by atoms with Gasteiger partial charge in [-0.3, -0.25) is 14.2 Å². The van der Waals surface area contributed by atoms with Crippen LogP contribution in [0.1, 0.15) is 30.3 Å². The zero-order chi connectivity index (χ0) is 31.0. The number of piperazine rings is 1. The van der Waals surface area contributed by atoms with Crippen LogP contribution in [0.3, 0.4) is 0 Å². The van der Waals surface area contributed by atoms with Gasteiger partial charge in [-0.05, 0) is 53.9 Å². The summed E-state index contributed by atoms with van der Waals surface area (Å²) in [6.45, 7) is 2.83. The van der Waals surface area contributed by atoms with Crippen LogP contribution in [-0.4, -0.2) is 87.5 Å². The molecule has 1 aromatic heterocycles. The van der Waals surface area contributed by atoms with Gasteiger partial charge in [-0.25, -0.2) is 14.2 Å². The number of unbranched alkanes of at least 4 members (excludes halogenated alkanes) is 1. The first-order valence-corrected chi connectivity index (χ1v) is 15.7. The maximum absolute atomic E-state index is 13.6. The predicted molar refractivity (Wildman–Crippen MR) is 158 cm³/mol. The number of hydrogen-bond acceptors (Lipinski definition) is 6. The van der Waals surface area contributed by atoms with E-state index in [1.807, 2.05) is 37.3 Å². The summed E-state index contributed by atoms with van der Waals surface area (Å²) in [5.41, 5.74) is 2.22. The Bertz CT molecular complexity index is 1480. The van der Waals surface area contributed by atoms with Gasteiger partial charge in [0.2, 0.25) is 5.91 Å². The number of rotatable bonds is 10. The van der Waals surface area contributed by atoms with Crippen LogP contribution in [0.2, 0.25) is 0 Å². The first-order chi connectivity index (χ1) is 20.5. The van der Waals surface area contributed by atoms with Gasteiger partial charge in [0.25, 0.3) is 5.91 Å². The Morgan fingerprint density at radius 2 is 1.60 bits per heavy atom. The largest absolute Gasteiger partial charge is 0.449 e. The number of benzene rings is 2. The number of nitrogens with zero attached hydrogens (tertiary/aromatic N) is 3. The van der Waals surface area contributed by atoms with Gasteiger partial charge in [-0.1, -0.05) is 43.7 Å². The fraction of sp³-hybridized carbons (Fsp3) is 0.333. The van der Waals surface area contributed by atoms with Crippen molar-refractivity contribution in [2.24, 2.45) is 0 Å². The van der Waals surface area contributed by atoms with Gasteiger partial charge in [0.05, 0.1) is 18.5 Å². The van der Waals surface area contributed by atoms with E-state index in [4.69, 9.17) is 4.74 Å². The Morgan fingerprint density at radius 3 is 2.23 bits per heavy atom. The fourth-order valence-electron chi connectivity index (χ4n) is 4.59. The van der Waals surface area contributed by atoms with E-state index in [2.05, 4.69) is 10.3 Å². The SMILES string of the molecule is CCCCOC(=O)N1CCN(C(=O)C(CP(=O)(O)O)NC(=O)c2cc(-c3ccccc3)cc(-c3ccc(F)cc3)n2)CC1. The van der Waals surface area contributed by atoms with Crippen molar-refractivity contribution in [3.8, 4) is 22.4 Å². The summed E-state index contributed by atoms with van der Waals surface area (Å²) < 4.78 is 30.8. The quantitative estimate of drug-likeness (QED) is 0.231. The smallest absolute Gasteiger partial charge is 0.409 e. The second-order valence-electron chi connectivity index (χ2n) is 10.2. The van der Waals surface area contributed by atoms with Gasteiger partial charge >= 0.3 is 13.7 Å². The number of ether oxygens (including phenoxy) is 1. The summed E-state index contributed by atoms with van der Waals surface area (Å²) >= 11 is 0. The van der Waals surface area contributed by atoms with Gasteiger partial charge in [-0.15, -0.1) is 0 Å². The molecule has 4 rings (SSSR count). The second-order valence-corrected chi connectivity index (χ2v) is 11.8. The number of carbonyl (C=O) groups is 3. The Kier molecular flexibility index (Phi) is 10.6. The van der Waals surface area contributed by atoms with E-state index in [1.165, 1.54) is 40.1 Å². The molecule has 0 spiro atoms. The summed E-state index contributed by atoms with van der Waals surface area (Å²) in [7, 11) is -4.74. The van der Waals surface area contributed by atoms with Crippen LogP contribution in [0.25, 0.3) is 22.4 Å². The molecule has 0 aliphatic carbocycles. The zero-order valence-corrected chi connectivity index (χ0v) is 24.6. The maximum atomic E-state index is 13.6. The Morgan fingerprint density at radius 1 is 0.953 bits per heavy atom. The predicted octanol–water partition coefficient (Wildman–Crippen LogP) is 3.91. The normalized spacial score (nSPS) is 14.2. The molecule has 228 valence electrons. The van der Waals surface area contributed by atoms with E-state index in [1.54, 1.807) is 6.07 Å². The molecule has 43 heavy (non-hydrogen) atoms. The van der Waals surface area contributed by atoms with Gasteiger partial charge in [0, 0.05) is 31.7 Å². The lowest BCUT2D eigenvalue weighted by atomic mass is 10.0. The lowest BCUT2D eigenvalue weighted by Crippen LogP contribution is -2.56. The number of halogens is 1. The van der Waals surface area contributed by atoms with Crippen molar-refractivity contribution in [3.63, 3.8) is 0 Å². The highest BCUT2D eigenvalue weighted by atomic mass is 31.2. The van der Waals surface area contributed by atoms with Gasteiger partial charge in [-0.2, -0.15) is 0 Å². The molecule has 3 N–H and O–H groups in total. The molecule has 1 aliphatic heterocycles. The Hall–Kier alpha value is -4.12. The molecule has 1 unspecified atom stereocenters. The summed E-state index contributed by atoms with van der Waals surface area (Å²) in [6, 6.07) is 16.5. The summed E-state index contributed by atoms with van der Waals surface area (Å²) in [4.78, 5) is 65.9. The molecular formula is C30H34FN4O7P. The monoisotopic (exact) mass is 612 g/mol. The number of pyridine rings is 1. The highest BCUT2D eigenvalue weighted by Crippen LogP contribution is 2.35. The minimum Gasteiger partial charge on any atom is -0.449 e. The van der Waals surface area contributed by atoms with Crippen molar-refractivity contribution in [2.45, 2.75) is 25.8 Å². The van der Waals surface area contributed by atoms with Crippen LogP contribution in [0.15, 0.2) is 66.7 Å². The molecular weight excluding hydrogens is 578 g/mol. The molecule has 1 saturated heterocycles. The van der Waals surface area contributed by atoms with Crippen LogP contribution < -0.4 is 5.32 Å². The third kappa shape index (κ3) is 8.93. The topological polar surface area (TPSA) is 149 Å². The van der Waals surface area contributed by atoms with Crippen LogP contribution in [0, 0.1) is 5.82 Å². The summed E-state index contributed by atoms with van der Waals surface area (Å²) in [6.07, 6.45) is 0.214. The molecule has 0 radical (unpaired) electrons. The average molecular weight is 613 g/mol. The molecule has 2 aromatic carbocycles. The van der Waals surface area contributed by atoms with Gasteiger partial charge < -0.3 is 29.6 Å². The summed E-state index contributed by atoms with van der Waals surface area (Å²) in [5.74, 6) is -1.94. The number of carbonyl (C=O) groups excluding carboxylic acids is 3. The Balaban J connectivity index is 1.55. The lowest BCUT2D eigenvalue weighted by Gasteiger charge is -2.36. The molecule has 11 nitrogen and oxygen atoms in total. The van der Waals surface area contributed by atoms with E-state index in [0.717, 1.165) is 18.4 Å². The van der Waals surface area contributed by atoms with Gasteiger partial charge in [0.1, 0.15) is 17.6 Å². The van der Waals surface area contributed by atoms with Crippen LogP contribution in [0.4, 0.5) is 9.18 Å². The molecule has 3 aromatic rings. The third-order valence-corrected chi connectivity index (χ3v) is 7.74. The standard InChI is InChI=1S/C30H34FN4O7P/c1-2-3-17-42-30(38)35-15-13-34(14-16-35)29(37)27(20-43(39,40)41)33-28(36)26-19-23(21-7-5-4-6-8-21)18-25(32-26)22-9-11-24(31)12-10-22/h4-12,18-19,27H,2-3,13-17,20H2,1H3,(H,33,36)(H2,39,40,41). The van der Waals surface area contributed by atoms with E-state index in [0.29, 0.717) is 23.4 Å². The average Bonchev–Trinajstić information content (AvgIpc) is 3.00. The first kappa shape index (κ1) is 31.8. The van der Waals surface area contributed by atoms with Gasteiger partial charge in [0.15, 0.2) is 0 Å². The van der Waals surface area contributed by atoms with Crippen LogP contribution in [-0.2, 0) is 14.1 Å². The summed E-state index contributed by atoms with van der Waals surface area (Å²) in [5, 5.41) is 2.47. The van der Waals surface area contributed by atoms with Crippen LogP contribution >= 0.6 is 7.60 Å². The molecule has 1 fully saturated rings. The Labute approximate surface area is 248 Å². The minimum absolute atomic E-state index is 0.0937. The minimum atomic E-state index is -4.74. The van der Waals surface area contributed by atoms with Crippen molar-refractivity contribution < 1.29 is 37.9 Å². The van der Waals surface area contributed by atoms with Crippen LogP contribution in [0.5, 0.6) is 0 Å². The molecule has 2 heterocycles. The number of hydrogen-bond donors (Lipinski definition) is 3. The number of aromatic nitrogens is 1. The highest BCUT2D eigenvalue weighted by Gasteiger charge is 2.35. The molecule has 0 bridgehead atoms. The van der Waals surface area contributed by atoms with Crippen molar-refractivity contribution in [1.82, 2.24) is 20.1 Å². The fourth-order valence-corrected chi connectivity index (χ4v) is 5.32. The number of amides is 3. The van der Waals surface area contributed by atoms with E-state index < -0.39 is 43.5 Å².